The quantitative estimate of drug-likeness (QED) is 0.592. The largest absolute Gasteiger partial charge is 0.489 e. The average molecular weight is 355 g/mol. The molecular weight excluding hydrogens is 330 g/mol. The van der Waals surface area contributed by atoms with Gasteiger partial charge in [0.15, 0.2) is 0 Å². The van der Waals surface area contributed by atoms with E-state index in [0.717, 1.165) is 30.0 Å². The molecule has 0 atom stereocenters. The van der Waals surface area contributed by atoms with Gasteiger partial charge in [-0.3, -0.25) is 0 Å². The van der Waals surface area contributed by atoms with Crippen molar-refractivity contribution >= 4 is 0 Å². The molecule has 136 valence electrons. The number of benzene rings is 3. The van der Waals surface area contributed by atoms with Crippen molar-refractivity contribution in [1.29, 1.82) is 0 Å². The Labute approximate surface area is 162 Å². The summed E-state index contributed by atoms with van der Waals surface area (Å²) in [5.74, 6) is 3.49. The summed E-state index contributed by atoms with van der Waals surface area (Å²) in [6, 6.07) is 22.8. The molecule has 0 aliphatic carbocycles. The summed E-state index contributed by atoms with van der Waals surface area (Å²) in [5, 5.41) is 3.50. The summed E-state index contributed by atoms with van der Waals surface area (Å²) in [4.78, 5) is 0. The zero-order chi connectivity index (χ0) is 19.1. The van der Waals surface area contributed by atoms with E-state index in [1.807, 2.05) is 36.4 Å². The third-order valence-electron chi connectivity index (χ3n) is 4.39. The molecule has 0 fully saturated rings. The molecule has 0 aliphatic heterocycles. The first kappa shape index (κ1) is 18.8. The standard InChI is InChI=1S/C25H25NO/c1-4-21-5-7-23(8-6-21)18-27-25-11-9-22(10-12-25)16-26-17-24-14-19(2)13-20(3)15-24/h1,5-15,26H,16-18H2,2-3H3. The fourth-order valence-corrected chi connectivity index (χ4v) is 3.09. The van der Waals surface area contributed by atoms with E-state index >= 15 is 0 Å². The molecule has 3 aromatic carbocycles. The second-order valence-corrected chi connectivity index (χ2v) is 6.87. The molecule has 3 aromatic rings. The Morgan fingerprint density at radius 1 is 0.778 bits per heavy atom. The Hall–Kier alpha value is -3.02. The molecule has 2 nitrogen and oxygen atoms in total. The second kappa shape index (κ2) is 9.07. The topological polar surface area (TPSA) is 21.3 Å². The van der Waals surface area contributed by atoms with Crippen LogP contribution < -0.4 is 10.1 Å². The molecule has 0 spiro atoms. The molecule has 0 amide bonds. The maximum atomic E-state index is 5.85. The molecule has 3 rings (SSSR count). The molecule has 0 heterocycles. The number of ether oxygens (including phenoxy) is 1. The average Bonchev–Trinajstić information content (AvgIpc) is 2.67. The molecule has 0 bridgehead atoms. The zero-order valence-electron chi connectivity index (χ0n) is 16.0. The number of terminal acetylenes is 1. The summed E-state index contributed by atoms with van der Waals surface area (Å²) < 4.78 is 5.85. The Morgan fingerprint density at radius 3 is 2.00 bits per heavy atom. The maximum absolute atomic E-state index is 5.85. The highest BCUT2D eigenvalue weighted by atomic mass is 16.5. The van der Waals surface area contributed by atoms with Crippen molar-refractivity contribution in [2.45, 2.75) is 33.5 Å². The van der Waals surface area contributed by atoms with Crippen LogP contribution in [0, 0.1) is 26.2 Å². The first-order valence-corrected chi connectivity index (χ1v) is 9.17. The van der Waals surface area contributed by atoms with Gasteiger partial charge in [0.25, 0.3) is 0 Å². The summed E-state index contributed by atoms with van der Waals surface area (Å²) in [6.07, 6.45) is 5.37. The molecular formula is C25H25NO. The maximum Gasteiger partial charge on any atom is 0.119 e. The van der Waals surface area contributed by atoms with Gasteiger partial charge in [-0.2, -0.15) is 0 Å². The summed E-state index contributed by atoms with van der Waals surface area (Å²) >= 11 is 0. The van der Waals surface area contributed by atoms with E-state index in [2.05, 4.69) is 55.4 Å². The van der Waals surface area contributed by atoms with E-state index in [9.17, 15) is 0 Å². The fourth-order valence-electron chi connectivity index (χ4n) is 3.09. The predicted molar refractivity (Wildman–Crippen MR) is 112 cm³/mol. The predicted octanol–water partition coefficient (Wildman–Crippen LogP) is 5.15. The van der Waals surface area contributed by atoms with Gasteiger partial charge in [0.05, 0.1) is 0 Å². The first-order valence-electron chi connectivity index (χ1n) is 9.17. The van der Waals surface area contributed by atoms with E-state index in [4.69, 9.17) is 11.2 Å². The summed E-state index contributed by atoms with van der Waals surface area (Å²) in [7, 11) is 0. The van der Waals surface area contributed by atoms with E-state index < -0.39 is 0 Å². The van der Waals surface area contributed by atoms with Crippen molar-refractivity contribution in [2.75, 3.05) is 0 Å². The van der Waals surface area contributed by atoms with Gasteiger partial charge in [0.1, 0.15) is 12.4 Å². The van der Waals surface area contributed by atoms with Gasteiger partial charge in [-0.25, -0.2) is 0 Å². The van der Waals surface area contributed by atoms with Crippen LogP contribution >= 0.6 is 0 Å². The van der Waals surface area contributed by atoms with Gasteiger partial charge in [-0.1, -0.05) is 59.5 Å². The Kier molecular flexibility index (Phi) is 6.30. The fraction of sp³-hybridized carbons (Fsp3) is 0.200. The lowest BCUT2D eigenvalue weighted by Crippen LogP contribution is -2.12. The van der Waals surface area contributed by atoms with Crippen molar-refractivity contribution in [3.8, 4) is 18.1 Å². The van der Waals surface area contributed by atoms with Crippen LogP contribution in [0.3, 0.4) is 0 Å². The molecule has 0 aromatic heterocycles. The Bertz CT molecular complexity index is 898. The number of aryl methyl sites for hydroxylation is 2. The lowest BCUT2D eigenvalue weighted by molar-refractivity contribution is 0.306. The van der Waals surface area contributed by atoms with Gasteiger partial charge in [-0.15, -0.1) is 6.42 Å². The van der Waals surface area contributed by atoms with E-state index in [1.54, 1.807) is 0 Å². The molecule has 0 saturated heterocycles. The van der Waals surface area contributed by atoms with Crippen LogP contribution in [0.2, 0.25) is 0 Å². The van der Waals surface area contributed by atoms with Crippen molar-refractivity contribution in [3.63, 3.8) is 0 Å². The van der Waals surface area contributed by atoms with Crippen LogP contribution in [0.1, 0.15) is 33.4 Å². The molecule has 1 N–H and O–H groups in total. The molecule has 2 heteroatoms. The van der Waals surface area contributed by atoms with E-state index in [-0.39, 0.29) is 0 Å². The minimum absolute atomic E-state index is 0.537. The minimum Gasteiger partial charge on any atom is -0.489 e. The Morgan fingerprint density at radius 2 is 1.37 bits per heavy atom. The lowest BCUT2D eigenvalue weighted by atomic mass is 10.1. The Balaban J connectivity index is 1.47. The first-order chi connectivity index (χ1) is 13.1. The van der Waals surface area contributed by atoms with Crippen LogP contribution in [0.25, 0.3) is 0 Å². The highest BCUT2D eigenvalue weighted by Gasteiger charge is 2.00. The van der Waals surface area contributed by atoms with Crippen molar-refractivity contribution in [3.05, 3.63) is 100 Å². The number of nitrogens with one attached hydrogen (secondary N) is 1. The normalized spacial score (nSPS) is 10.4. The number of hydrogen-bond donors (Lipinski definition) is 1. The molecule has 0 aliphatic rings. The molecule has 0 radical (unpaired) electrons. The molecule has 0 unspecified atom stereocenters. The smallest absolute Gasteiger partial charge is 0.119 e. The SMILES string of the molecule is C#Cc1ccc(COc2ccc(CNCc3cc(C)cc(C)c3)cc2)cc1. The van der Waals surface area contributed by atoms with Gasteiger partial charge >= 0.3 is 0 Å². The summed E-state index contributed by atoms with van der Waals surface area (Å²) in [5.41, 5.74) is 7.17. The summed E-state index contributed by atoms with van der Waals surface area (Å²) in [6.45, 7) is 6.52. The van der Waals surface area contributed by atoms with E-state index in [0.29, 0.717) is 6.61 Å². The van der Waals surface area contributed by atoms with Crippen LogP contribution in [0.5, 0.6) is 5.75 Å². The highest BCUT2D eigenvalue weighted by molar-refractivity contribution is 5.34. The van der Waals surface area contributed by atoms with Crippen LogP contribution in [-0.2, 0) is 19.7 Å². The van der Waals surface area contributed by atoms with Gasteiger partial charge in [0, 0.05) is 18.7 Å². The lowest BCUT2D eigenvalue weighted by Gasteiger charge is -2.09. The van der Waals surface area contributed by atoms with Crippen molar-refractivity contribution < 1.29 is 4.74 Å². The van der Waals surface area contributed by atoms with E-state index in [1.165, 1.54) is 22.3 Å². The van der Waals surface area contributed by atoms with Crippen molar-refractivity contribution in [1.82, 2.24) is 5.32 Å². The number of rotatable bonds is 7. The van der Waals surface area contributed by atoms with Crippen molar-refractivity contribution in [2.24, 2.45) is 0 Å². The molecule has 27 heavy (non-hydrogen) atoms. The van der Waals surface area contributed by atoms with Crippen LogP contribution in [-0.4, -0.2) is 0 Å². The van der Waals surface area contributed by atoms with Gasteiger partial charge in [0.2, 0.25) is 0 Å². The van der Waals surface area contributed by atoms with Crippen LogP contribution in [0.15, 0.2) is 66.7 Å². The third-order valence-corrected chi connectivity index (χ3v) is 4.39. The zero-order valence-corrected chi connectivity index (χ0v) is 16.0. The van der Waals surface area contributed by atoms with Gasteiger partial charge < -0.3 is 10.1 Å². The van der Waals surface area contributed by atoms with Gasteiger partial charge in [-0.05, 0) is 54.8 Å². The number of hydrogen-bond acceptors (Lipinski definition) is 2. The highest BCUT2D eigenvalue weighted by Crippen LogP contribution is 2.15. The molecule has 0 saturated carbocycles. The monoisotopic (exact) mass is 355 g/mol. The van der Waals surface area contributed by atoms with Crippen LogP contribution in [0.4, 0.5) is 0 Å². The third kappa shape index (κ3) is 5.74. The second-order valence-electron chi connectivity index (χ2n) is 6.87. The minimum atomic E-state index is 0.537.